The van der Waals surface area contributed by atoms with Crippen molar-refractivity contribution in [3.8, 4) is 0 Å². The van der Waals surface area contributed by atoms with Crippen LogP contribution in [0.4, 0.5) is 0 Å². The molecule has 3 fully saturated rings. The highest BCUT2D eigenvalue weighted by molar-refractivity contribution is 6.42. The summed E-state index contributed by atoms with van der Waals surface area (Å²) in [7, 11) is 0. The van der Waals surface area contributed by atoms with Crippen molar-refractivity contribution < 1.29 is 4.79 Å². The molecule has 1 amide bonds. The van der Waals surface area contributed by atoms with Gasteiger partial charge in [0.05, 0.1) is 25.6 Å². The second kappa shape index (κ2) is 18.4. The van der Waals surface area contributed by atoms with E-state index in [0.717, 1.165) is 87.8 Å². The molecule has 1 aromatic heterocycles. The Morgan fingerprint density at radius 1 is 0.769 bits per heavy atom. The van der Waals surface area contributed by atoms with Crippen molar-refractivity contribution >= 4 is 63.2 Å². The number of carbonyl (C=O) groups is 1. The number of halogens is 4. The van der Waals surface area contributed by atoms with Crippen molar-refractivity contribution in [3.63, 3.8) is 0 Å². The van der Waals surface area contributed by atoms with E-state index in [0.29, 0.717) is 49.8 Å². The van der Waals surface area contributed by atoms with Gasteiger partial charge in [0.15, 0.2) is 0 Å². The van der Waals surface area contributed by atoms with Gasteiger partial charge in [-0.05, 0) is 135 Å². The molecule has 0 radical (unpaired) electrons. The Morgan fingerprint density at radius 2 is 1.42 bits per heavy atom. The average molecular weight is 779 g/mol. The van der Waals surface area contributed by atoms with Crippen molar-refractivity contribution in [2.24, 2.45) is 23.7 Å². The zero-order valence-corrected chi connectivity index (χ0v) is 32.7. The zero-order chi connectivity index (χ0) is 36.6. The fraction of sp³-hybridized carbons (Fsp3) is 0.395. The monoisotopic (exact) mass is 776 g/mol. The van der Waals surface area contributed by atoms with Crippen LogP contribution >= 0.6 is 46.4 Å². The molecule has 4 heterocycles. The minimum absolute atomic E-state index is 0.124. The molecular formula is C43H48Cl4N4O. The number of nitrogens with zero attached hydrogens (tertiary/aromatic N) is 3. The number of benzene rings is 3. The molecule has 5 nitrogen and oxygen atoms in total. The van der Waals surface area contributed by atoms with Crippen molar-refractivity contribution in [3.05, 3.63) is 135 Å². The predicted molar refractivity (Wildman–Crippen MR) is 219 cm³/mol. The molecule has 0 spiro atoms. The number of rotatable bonds is 8. The van der Waals surface area contributed by atoms with Gasteiger partial charge < -0.3 is 10.2 Å². The van der Waals surface area contributed by atoms with Crippen LogP contribution in [0, 0.1) is 23.7 Å². The third kappa shape index (κ3) is 9.79. The summed E-state index contributed by atoms with van der Waals surface area (Å²) >= 11 is 24.3. The highest BCUT2D eigenvalue weighted by atomic mass is 35.5. The van der Waals surface area contributed by atoms with E-state index in [1.807, 2.05) is 59.5 Å². The molecular weight excluding hydrogens is 730 g/mol. The number of piperidine rings is 3. The summed E-state index contributed by atoms with van der Waals surface area (Å²) in [6, 6.07) is 22.1. The Morgan fingerprint density at radius 3 is 2.06 bits per heavy atom. The smallest absolute Gasteiger partial charge is 0.253 e. The van der Waals surface area contributed by atoms with Crippen LogP contribution in [0.25, 0.3) is 10.9 Å². The fourth-order valence-electron chi connectivity index (χ4n) is 8.14. The van der Waals surface area contributed by atoms with Gasteiger partial charge in [0, 0.05) is 49.4 Å². The third-order valence-corrected chi connectivity index (χ3v) is 12.7. The molecule has 0 saturated carbocycles. The Hall–Kier alpha value is -2.90. The minimum Gasteiger partial charge on any atom is -0.339 e. The molecule has 4 atom stereocenters. The lowest BCUT2D eigenvalue weighted by molar-refractivity contribution is 0.0478. The lowest BCUT2D eigenvalue weighted by Gasteiger charge is -2.44. The lowest BCUT2D eigenvalue weighted by Crippen LogP contribution is -2.51. The van der Waals surface area contributed by atoms with Gasteiger partial charge in [0.1, 0.15) is 0 Å². The fourth-order valence-corrected chi connectivity index (χ4v) is 8.78. The molecule has 3 aromatic carbocycles. The molecule has 0 aliphatic carbocycles. The SMILES string of the molecule is C=C[C@@H]1CN(C2CCN(C(=O)c3ccc4ncccc4c3)CC2)CCC1Cc1ccc(Cl)c(Cl)c1.C=C[C@@H]1CNCCC1Cc1ccc(Cl)c(Cl)c1. The van der Waals surface area contributed by atoms with E-state index in [-0.39, 0.29) is 5.91 Å². The van der Waals surface area contributed by atoms with E-state index in [9.17, 15) is 4.79 Å². The Balaban J connectivity index is 0.000000229. The van der Waals surface area contributed by atoms with Crippen molar-refractivity contribution in [2.75, 3.05) is 39.3 Å². The van der Waals surface area contributed by atoms with Crippen LogP contribution in [0.5, 0.6) is 0 Å². The first-order valence-corrected chi connectivity index (χ1v) is 19.9. The summed E-state index contributed by atoms with van der Waals surface area (Å²) in [5.41, 5.74) is 4.17. The molecule has 2 unspecified atom stereocenters. The van der Waals surface area contributed by atoms with Gasteiger partial charge in [0.2, 0.25) is 0 Å². The zero-order valence-electron chi connectivity index (χ0n) is 29.6. The van der Waals surface area contributed by atoms with Gasteiger partial charge in [-0.2, -0.15) is 0 Å². The van der Waals surface area contributed by atoms with E-state index in [1.165, 1.54) is 17.5 Å². The predicted octanol–water partition coefficient (Wildman–Crippen LogP) is 10.5. The number of carbonyl (C=O) groups excluding carboxylic acids is 1. The van der Waals surface area contributed by atoms with Crippen LogP contribution in [-0.2, 0) is 12.8 Å². The number of pyridine rings is 1. The maximum absolute atomic E-state index is 13.1. The first kappa shape index (κ1) is 38.8. The number of aromatic nitrogens is 1. The second-order valence-corrected chi connectivity index (χ2v) is 16.1. The lowest BCUT2D eigenvalue weighted by atomic mass is 9.80. The highest BCUT2D eigenvalue weighted by Gasteiger charge is 2.34. The second-order valence-electron chi connectivity index (χ2n) is 14.4. The minimum atomic E-state index is 0.124. The van der Waals surface area contributed by atoms with Crippen LogP contribution in [0.15, 0.2) is 98.2 Å². The molecule has 0 bridgehead atoms. The molecule has 3 aliphatic heterocycles. The van der Waals surface area contributed by atoms with Gasteiger partial charge in [-0.25, -0.2) is 0 Å². The first-order chi connectivity index (χ1) is 25.2. The van der Waals surface area contributed by atoms with E-state index in [2.05, 4.69) is 52.6 Å². The van der Waals surface area contributed by atoms with Crippen LogP contribution < -0.4 is 5.32 Å². The van der Waals surface area contributed by atoms with E-state index >= 15 is 0 Å². The van der Waals surface area contributed by atoms with Crippen molar-refractivity contribution in [1.29, 1.82) is 0 Å². The summed E-state index contributed by atoms with van der Waals surface area (Å²) in [4.78, 5) is 22.1. The quantitative estimate of drug-likeness (QED) is 0.181. The Labute approximate surface area is 329 Å². The normalized spacial score (nSPS) is 22.7. The number of nitrogens with one attached hydrogen (secondary N) is 1. The van der Waals surface area contributed by atoms with Gasteiger partial charge in [-0.3, -0.25) is 14.7 Å². The number of fused-ring (bicyclic) bond motifs is 1. The highest BCUT2D eigenvalue weighted by Crippen LogP contribution is 2.33. The van der Waals surface area contributed by atoms with E-state index in [1.54, 1.807) is 6.20 Å². The Bertz CT molecular complexity index is 1860. The molecule has 274 valence electrons. The summed E-state index contributed by atoms with van der Waals surface area (Å²) in [5.74, 6) is 2.34. The maximum Gasteiger partial charge on any atom is 0.253 e. The number of hydrogen-bond donors (Lipinski definition) is 1. The van der Waals surface area contributed by atoms with Crippen LogP contribution in [0.3, 0.4) is 0 Å². The summed E-state index contributed by atoms with van der Waals surface area (Å²) in [6.45, 7) is 13.9. The number of hydrogen-bond acceptors (Lipinski definition) is 4. The van der Waals surface area contributed by atoms with E-state index in [4.69, 9.17) is 46.4 Å². The van der Waals surface area contributed by atoms with Gasteiger partial charge in [-0.15, -0.1) is 13.2 Å². The average Bonchev–Trinajstić information content (AvgIpc) is 3.18. The van der Waals surface area contributed by atoms with Crippen LogP contribution in [0.2, 0.25) is 20.1 Å². The van der Waals surface area contributed by atoms with Gasteiger partial charge in [0.25, 0.3) is 5.91 Å². The molecule has 7 rings (SSSR count). The molecule has 1 N–H and O–H groups in total. The molecule has 4 aromatic rings. The largest absolute Gasteiger partial charge is 0.339 e. The van der Waals surface area contributed by atoms with E-state index < -0.39 is 0 Å². The summed E-state index contributed by atoms with van der Waals surface area (Å²) in [5, 5.41) is 6.91. The van der Waals surface area contributed by atoms with Crippen LogP contribution in [-0.4, -0.2) is 66.0 Å². The number of amides is 1. The van der Waals surface area contributed by atoms with Gasteiger partial charge in [-0.1, -0.05) is 76.8 Å². The van der Waals surface area contributed by atoms with Gasteiger partial charge >= 0.3 is 0 Å². The first-order valence-electron chi connectivity index (χ1n) is 18.4. The number of likely N-dealkylation sites (tertiary alicyclic amines) is 2. The van der Waals surface area contributed by atoms with Crippen molar-refractivity contribution in [2.45, 2.75) is 44.6 Å². The maximum atomic E-state index is 13.1. The molecule has 3 saturated heterocycles. The topological polar surface area (TPSA) is 48.5 Å². The Kier molecular flexibility index (Phi) is 13.8. The van der Waals surface area contributed by atoms with Crippen LogP contribution in [0.1, 0.15) is 47.2 Å². The third-order valence-electron chi connectivity index (χ3n) is 11.2. The van der Waals surface area contributed by atoms with Crippen molar-refractivity contribution in [1.82, 2.24) is 20.1 Å². The molecule has 9 heteroatoms. The standard InChI is InChI=1S/C29H31Cl2N3O.C14H17Cl2N/c1-2-21-19-34(13-9-22(21)16-20-5-7-26(30)27(31)17-20)25-10-14-33(15-11-25)29(35)24-6-8-28-23(18-24)4-3-12-32-28;1-2-11-9-17-6-5-12(11)7-10-3-4-13(15)14(16)8-10/h2-8,12,17-18,21-22,25H,1,9-11,13-16,19H2;2-4,8,11-12,17H,1,5-7,9H2/t21-,22?;11-,12?/m11/s1. The molecule has 52 heavy (non-hydrogen) atoms. The molecule has 3 aliphatic rings. The summed E-state index contributed by atoms with van der Waals surface area (Å²) < 4.78 is 0. The summed E-state index contributed by atoms with van der Waals surface area (Å²) in [6.07, 6.45) is 12.4.